The molecule has 6 N–H and O–H groups in total. The van der Waals surface area contributed by atoms with Gasteiger partial charge in [0.2, 0.25) is 0 Å². The Kier molecular flexibility index (Phi) is 5.34. The number of nitrogens with two attached hydrogens (primary N) is 2. The zero-order valence-electron chi connectivity index (χ0n) is 16.2. The van der Waals surface area contributed by atoms with Gasteiger partial charge >= 0.3 is 16.4 Å². The summed E-state index contributed by atoms with van der Waals surface area (Å²) in [6.07, 6.45) is 2.94. The van der Waals surface area contributed by atoms with Crippen LogP contribution >= 0.6 is 0 Å². The first kappa shape index (κ1) is 20.8. The maximum absolute atomic E-state index is 12.7. The number of guanidine groups is 1. The molecule has 1 aromatic rings. The van der Waals surface area contributed by atoms with Crippen molar-refractivity contribution >= 4 is 22.4 Å². The van der Waals surface area contributed by atoms with E-state index in [1.165, 1.54) is 4.90 Å². The highest BCUT2D eigenvalue weighted by molar-refractivity contribution is 7.80. The highest BCUT2D eigenvalue weighted by atomic mass is 32.3. The first-order valence-electron chi connectivity index (χ1n) is 9.67. The lowest BCUT2D eigenvalue weighted by molar-refractivity contribution is -0.0527. The molecular formula is C16H25N7O6S. The molecular weight excluding hydrogens is 418 g/mol. The molecule has 30 heavy (non-hydrogen) atoms. The molecule has 1 aliphatic carbocycles. The third kappa shape index (κ3) is 4.21. The summed E-state index contributed by atoms with van der Waals surface area (Å²) >= 11 is 0. The molecule has 13 nitrogen and oxygen atoms in total. The number of aliphatic imine (C=N–C) groups is 1. The molecule has 1 unspecified atom stereocenters. The zero-order valence-corrected chi connectivity index (χ0v) is 17.0. The first-order chi connectivity index (χ1) is 14.2. The number of rotatable bonds is 9. The molecule has 2 saturated heterocycles. The molecule has 3 heterocycles. The minimum Gasteiger partial charge on any atom is -0.370 e. The first-order valence-corrected chi connectivity index (χ1v) is 11.0. The summed E-state index contributed by atoms with van der Waals surface area (Å²) in [5.41, 5.74) is 10.9. The van der Waals surface area contributed by atoms with Crippen LogP contribution in [-0.2, 0) is 21.1 Å². The van der Waals surface area contributed by atoms with Crippen LogP contribution in [0.2, 0.25) is 0 Å². The number of hydrogen-bond acceptors (Lipinski definition) is 8. The smallest absolute Gasteiger partial charge is 0.370 e. The standard InChI is InChI=1S/C16H25N7O6S/c17-14(18)20-6-5-19-4-1-10-7-11(21-28-10)12-8-16(2-3-16)13-9-22(12)15(24)23(13)29-30(25,26)27/h7,12-13,19H,1-6,8-9H2,(H4,17,18,20)(H,25,26,27)/t12?,13-/m0/s1. The number of aromatic nitrogens is 1. The van der Waals surface area contributed by atoms with Gasteiger partial charge < -0.3 is 26.2 Å². The van der Waals surface area contributed by atoms with E-state index in [0.717, 1.165) is 17.9 Å². The molecule has 2 atom stereocenters. The lowest BCUT2D eigenvalue weighted by Crippen LogP contribution is -2.43. The predicted octanol–water partition coefficient (Wildman–Crippen LogP) is -0.854. The van der Waals surface area contributed by atoms with Gasteiger partial charge in [0.05, 0.1) is 18.6 Å². The normalized spacial score (nSPS) is 24.5. The van der Waals surface area contributed by atoms with Gasteiger partial charge in [-0.25, -0.2) is 4.79 Å². The van der Waals surface area contributed by atoms with Crippen molar-refractivity contribution in [1.29, 1.82) is 0 Å². The number of amides is 2. The van der Waals surface area contributed by atoms with Gasteiger partial charge in [-0.05, 0) is 24.7 Å². The van der Waals surface area contributed by atoms with Gasteiger partial charge in [0, 0.05) is 32.1 Å². The highest BCUT2D eigenvalue weighted by Crippen LogP contribution is 2.61. The van der Waals surface area contributed by atoms with E-state index in [2.05, 4.69) is 19.7 Å². The second kappa shape index (κ2) is 7.68. The number of piperidine rings is 1. The average Bonchev–Trinajstić information content (AvgIpc) is 3.16. The second-order valence-corrected chi connectivity index (χ2v) is 8.89. The Morgan fingerprint density at radius 3 is 2.87 bits per heavy atom. The fourth-order valence-electron chi connectivity index (χ4n) is 4.28. The van der Waals surface area contributed by atoms with Crippen molar-refractivity contribution < 1.29 is 26.6 Å². The summed E-state index contributed by atoms with van der Waals surface area (Å²) in [5, 5.41) is 8.13. The molecule has 1 aromatic heterocycles. The zero-order chi connectivity index (χ0) is 21.5. The third-order valence-electron chi connectivity index (χ3n) is 5.89. The van der Waals surface area contributed by atoms with E-state index in [4.69, 9.17) is 20.5 Å². The fraction of sp³-hybridized carbons (Fsp3) is 0.688. The van der Waals surface area contributed by atoms with E-state index in [9.17, 15) is 13.2 Å². The van der Waals surface area contributed by atoms with Crippen LogP contribution in [0.3, 0.4) is 0 Å². The molecule has 2 amide bonds. The van der Waals surface area contributed by atoms with Crippen molar-refractivity contribution in [3.8, 4) is 0 Å². The van der Waals surface area contributed by atoms with E-state index < -0.39 is 22.5 Å². The monoisotopic (exact) mass is 443 g/mol. The molecule has 0 aromatic carbocycles. The van der Waals surface area contributed by atoms with Crippen molar-refractivity contribution in [2.75, 3.05) is 26.2 Å². The van der Waals surface area contributed by atoms with E-state index in [-0.39, 0.29) is 17.4 Å². The summed E-state index contributed by atoms with van der Waals surface area (Å²) in [6, 6.07) is 0.470. The maximum Gasteiger partial charge on any atom is 0.418 e. The Balaban J connectivity index is 1.40. The molecule has 14 heteroatoms. The topological polar surface area (TPSA) is 190 Å². The number of carbonyl (C=O) groups excluding carboxylic acids is 1. The molecule has 0 radical (unpaired) electrons. The molecule has 4 rings (SSSR count). The van der Waals surface area contributed by atoms with Crippen LogP contribution in [0, 0.1) is 5.41 Å². The van der Waals surface area contributed by atoms with Crippen molar-refractivity contribution in [3.05, 3.63) is 17.5 Å². The highest BCUT2D eigenvalue weighted by Gasteiger charge is 2.64. The third-order valence-corrected chi connectivity index (χ3v) is 6.24. The Bertz CT molecular complexity index is 940. The van der Waals surface area contributed by atoms with E-state index >= 15 is 0 Å². The van der Waals surface area contributed by atoms with Crippen LogP contribution in [0.15, 0.2) is 15.6 Å². The second-order valence-electron chi connectivity index (χ2n) is 7.89. The van der Waals surface area contributed by atoms with Gasteiger partial charge in [-0.3, -0.25) is 9.55 Å². The van der Waals surface area contributed by atoms with E-state index in [0.29, 0.717) is 50.5 Å². The van der Waals surface area contributed by atoms with Crippen LogP contribution in [0.25, 0.3) is 0 Å². The molecule has 166 valence electrons. The Labute approximate surface area is 173 Å². The molecule has 2 bridgehead atoms. The Morgan fingerprint density at radius 1 is 1.43 bits per heavy atom. The average molecular weight is 443 g/mol. The summed E-state index contributed by atoms with van der Waals surface area (Å²) in [6.45, 7) is 2.06. The summed E-state index contributed by atoms with van der Waals surface area (Å²) in [4.78, 5) is 18.1. The van der Waals surface area contributed by atoms with Crippen molar-refractivity contribution in [2.24, 2.45) is 21.9 Å². The van der Waals surface area contributed by atoms with Crippen LogP contribution in [0.5, 0.6) is 0 Å². The van der Waals surface area contributed by atoms with E-state index in [1.54, 1.807) is 0 Å². The number of nitrogens with one attached hydrogen (secondary N) is 1. The molecule has 1 saturated carbocycles. The Hall–Kier alpha value is -2.42. The quantitative estimate of drug-likeness (QED) is 0.162. The van der Waals surface area contributed by atoms with Gasteiger partial charge in [0.15, 0.2) is 5.96 Å². The maximum atomic E-state index is 12.7. The summed E-state index contributed by atoms with van der Waals surface area (Å²) in [7, 11) is -4.79. The van der Waals surface area contributed by atoms with Crippen molar-refractivity contribution in [1.82, 2.24) is 20.4 Å². The summed E-state index contributed by atoms with van der Waals surface area (Å²) in [5.74, 6) is 0.723. The lowest BCUT2D eigenvalue weighted by Gasteiger charge is -2.35. The van der Waals surface area contributed by atoms with Gasteiger partial charge in [0.1, 0.15) is 11.5 Å². The number of fused-ring (bicyclic) bond motifs is 3. The fourth-order valence-corrected chi connectivity index (χ4v) is 4.66. The number of hydrogen-bond donors (Lipinski definition) is 4. The number of hydroxylamine groups is 2. The van der Waals surface area contributed by atoms with Gasteiger partial charge in [0.25, 0.3) is 0 Å². The lowest BCUT2D eigenvalue weighted by atomic mass is 9.84. The number of nitrogens with zero attached hydrogens (tertiary/aromatic N) is 4. The van der Waals surface area contributed by atoms with Crippen LogP contribution in [0.1, 0.15) is 36.8 Å². The summed E-state index contributed by atoms with van der Waals surface area (Å²) < 4.78 is 41.4. The molecule has 3 aliphatic rings. The van der Waals surface area contributed by atoms with Gasteiger partial charge in [-0.2, -0.15) is 13.5 Å². The SMILES string of the molecule is NC(N)=NCCNCCc1cc(C2CC3(CC3)[C@@H]3CN2C(=O)N3OS(=O)(=O)O)no1. The van der Waals surface area contributed by atoms with Gasteiger partial charge in [-0.1, -0.05) is 5.16 Å². The molecule has 1 spiro atoms. The predicted molar refractivity (Wildman–Crippen MR) is 103 cm³/mol. The number of carbonyl (C=O) groups is 1. The van der Waals surface area contributed by atoms with Crippen molar-refractivity contribution in [3.63, 3.8) is 0 Å². The minimum absolute atomic E-state index is 0.0526. The molecule has 2 aliphatic heterocycles. The number of urea groups is 1. The van der Waals surface area contributed by atoms with Crippen LogP contribution < -0.4 is 16.8 Å². The largest absolute Gasteiger partial charge is 0.418 e. The molecule has 3 fully saturated rings. The minimum atomic E-state index is -4.79. The van der Waals surface area contributed by atoms with Crippen LogP contribution in [0.4, 0.5) is 4.79 Å². The van der Waals surface area contributed by atoms with E-state index in [1.807, 2.05) is 6.07 Å². The van der Waals surface area contributed by atoms with Crippen LogP contribution in [-0.4, -0.2) is 72.3 Å². The Morgan fingerprint density at radius 2 is 2.20 bits per heavy atom. The van der Waals surface area contributed by atoms with Crippen molar-refractivity contribution in [2.45, 2.75) is 37.8 Å². The van der Waals surface area contributed by atoms with Gasteiger partial charge in [-0.15, -0.1) is 4.28 Å².